The van der Waals surface area contributed by atoms with E-state index in [1.807, 2.05) is 0 Å². The average Bonchev–Trinajstić information content (AvgIpc) is 2.99. The molecule has 31 heavy (non-hydrogen) atoms. The van der Waals surface area contributed by atoms with Gasteiger partial charge in [0.15, 0.2) is 0 Å². The minimum atomic E-state index is -3.20. The standard InChI is InChI=1S/C13H25NO.C12H13.2CH3.H3Si.Ti/c14-13(15)12-10-8-6-4-2-1-3-5-7-9-11-12;1-3-11-9(2)8-10-6-4-5-7-12(10)11;;;;/h12H,1-11H2,(H2,14,15);4-8H,3H2,1-2H3;3*1H3;/q;;;;;+1/p-1. The molecule has 0 aliphatic heterocycles. The normalized spacial score (nSPS) is 23.4. The van der Waals surface area contributed by atoms with Crippen LogP contribution >= 0.6 is 0 Å². The number of hydrogen-bond donors (Lipinski definition) is 1. The van der Waals surface area contributed by atoms with Crippen LogP contribution < -0.4 is 3.80 Å². The van der Waals surface area contributed by atoms with Crippen molar-refractivity contribution >= 4 is 19.6 Å². The summed E-state index contributed by atoms with van der Waals surface area (Å²) in [4.78, 5) is 13.7. The predicted molar refractivity (Wildman–Crippen MR) is 136 cm³/mol. The summed E-state index contributed by atoms with van der Waals surface area (Å²) in [6.45, 7) is 4.63. The molecule has 0 radical (unpaired) electrons. The molecule has 2 aliphatic rings. The Morgan fingerprint density at radius 1 is 0.968 bits per heavy atom. The molecular weight excluding hydrogens is 430 g/mol. The van der Waals surface area contributed by atoms with Gasteiger partial charge in [0, 0.05) is 0 Å². The van der Waals surface area contributed by atoms with Crippen LogP contribution in [0.2, 0.25) is 10.5 Å². The van der Waals surface area contributed by atoms with E-state index in [1.54, 1.807) is 5.57 Å². The van der Waals surface area contributed by atoms with E-state index in [1.165, 1.54) is 74.5 Å². The van der Waals surface area contributed by atoms with Gasteiger partial charge in [-0.25, -0.2) is 0 Å². The van der Waals surface area contributed by atoms with Crippen molar-refractivity contribution in [2.45, 2.75) is 106 Å². The number of benzene rings is 1. The van der Waals surface area contributed by atoms with E-state index in [9.17, 15) is 4.79 Å². The Hall–Kier alpha value is -0.639. The van der Waals surface area contributed by atoms with E-state index in [0.29, 0.717) is 10.1 Å². The Kier molecular flexibility index (Phi) is 8.49. The third-order valence-corrected chi connectivity index (χ3v) is 17.4. The van der Waals surface area contributed by atoms with E-state index < -0.39 is 14.8 Å². The molecule has 1 atom stereocenters. The zero-order chi connectivity index (χ0) is 22.5. The summed E-state index contributed by atoms with van der Waals surface area (Å²) in [5.74, 6) is 0.618. The molecule has 0 heterocycles. The zero-order valence-electron chi connectivity index (χ0n) is 20.9. The molecule has 0 bridgehead atoms. The second kappa shape index (κ2) is 10.5. The summed E-state index contributed by atoms with van der Waals surface area (Å²) in [5.41, 5.74) is 6.01. The van der Waals surface area contributed by atoms with Crippen LogP contribution in [-0.2, 0) is 19.6 Å². The van der Waals surface area contributed by atoms with Crippen LogP contribution in [-0.4, -0.2) is 14.0 Å². The first-order chi connectivity index (χ1) is 14.7. The zero-order valence-corrected chi connectivity index (χ0v) is 24.4. The number of hydrogen-bond acceptors (Lipinski definition) is 1. The van der Waals surface area contributed by atoms with Crippen LogP contribution in [0, 0.1) is 5.92 Å². The fourth-order valence-electron chi connectivity index (χ4n) is 6.46. The van der Waals surface area contributed by atoms with Crippen molar-refractivity contribution < 1.29 is 19.6 Å². The molecule has 0 saturated heterocycles. The molecule has 2 aliphatic carbocycles. The SMILES string of the molecule is CCC1=C(C)[CH]([Ti]([CH3])([CH3])([SiH3])[NH]C(=O)C2CCCCCCCCCCC2)c2ccccc21. The van der Waals surface area contributed by atoms with Crippen molar-refractivity contribution in [1.82, 2.24) is 3.80 Å². The van der Waals surface area contributed by atoms with Gasteiger partial charge in [0.25, 0.3) is 0 Å². The predicted octanol–water partition coefficient (Wildman–Crippen LogP) is 6.94. The number of nitrogens with one attached hydrogen (secondary N) is 1. The van der Waals surface area contributed by atoms with Gasteiger partial charge in [0.2, 0.25) is 0 Å². The van der Waals surface area contributed by atoms with E-state index in [0.717, 1.165) is 27.4 Å². The monoisotopic (exact) mass is 476 g/mol. The first kappa shape index (κ1) is 25.0. The van der Waals surface area contributed by atoms with Gasteiger partial charge in [-0.05, 0) is 0 Å². The Bertz CT molecular complexity index is 795. The minimum absolute atomic E-state index is 0.225. The molecule has 0 spiro atoms. The van der Waals surface area contributed by atoms with Gasteiger partial charge in [-0.1, -0.05) is 0 Å². The van der Waals surface area contributed by atoms with Crippen LogP contribution in [0.15, 0.2) is 29.8 Å². The van der Waals surface area contributed by atoms with E-state index in [2.05, 4.69) is 52.4 Å². The first-order valence-electron chi connectivity index (χ1n) is 13.1. The van der Waals surface area contributed by atoms with Crippen LogP contribution in [0.4, 0.5) is 0 Å². The molecule has 2 nitrogen and oxygen atoms in total. The van der Waals surface area contributed by atoms with Crippen molar-refractivity contribution in [3.63, 3.8) is 0 Å². The number of amides is 1. The maximum atomic E-state index is 13.7. The van der Waals surface area contributed by atoms with E-state index in [4.69, 9.17) is 0 Å². The molecule has 1 aromatic rings. The molecule has 1 amide bonds. The van der Waals surface area contributed by atoms with Crippen molar-refractivity contribution in [2.24, 2.45) is 5.92 Å². The summed E-state index contributed by atoms with van der Waals surface area (Å²) >= 11 is -3.20. The van der Waals surface area contributed by atoms with Gasteiger partial charge < -0.3 is 0 Å². The second-order valence-corrected chi connectivity index (χ2v) is 35.9. The van der Waals surface area contributed by atoms with E-state index in [-0.39, 0.29) is 5.92 Å². The van der Waals surface area contributed by atoms with Gasteiger partial charge in [-0.15, -0.1) is 0 Å². The summed E-state index contributed by atoms with van der Waals surface area (Å²) in [6, 6.07) is 9.00. The molecule has 1 unspecified atom stereocenters. The van der Waals surface area contributed by atoms with Gasteiger partial charge in [-0.2, -0.15) is 0 Å². The summed E-state index contributed by atoms with van der Waals surface area (Å²) in [7, 11) is 1.09. The fourth-order valence-corrected chi connectivity index (χ4v) is 17.2. The average molecular weight is 477 g/mol. The topological polar surface area (TPSA) is 29.1 Å². The molecule has 1 N–H and O–H groups in total. The van der Waals surface area contributed by atoms with Crippen LogP contribution in [0.25, 0.3) is 5.57 Å². The number of fused-ring (bicyclic) bond motifs is 1. The summed E-state index contributed by atoms with van der Waals surface area (Å²) < 4.78 is 4.32. The number of carbonyl (C=O) groups is 1. The summed E-state index contributed by atoms with van der Waals surface area (Å²) in [6.07, 6.45) is 15.2. The number of carbonyl (C=O) groups excluding carboxylic acids is 1. The van der Waals surface area contributed by atoms with Crippen LogP contribution in [0.5, 0.6) is 0 Å². The van der Waals surface area contributed by atoms with Crippen molar-refractivity contribution in [1.29, 1.82) is 0 Å². The second-order valence-electron chi connectivity index (χ2n) is 11.7. The maximum absolute atomic E-state index is 13.7. The van der Waals surface area contributed by atoms with Gasteiger partial charge in [0.1, 0.15) is 0 Å². The quantitative estimate of drug-likeness (QED) is 0.469. The van der Waals surface area contributed by atoms with Crippen molar-refractivity contribution in [2.75, 3.05) is 0 Å². The van der Waals surface area contributed by atoms with Crippen molar-refractivity contribution in [3.05, 3.63) is 41.0 Å². The third-order valence-electron chi connectivity index (χ3n) is 7.92. The Balaban J connectivity index is 1.80. The van der Waals surface area contributed by atoms with Crippen LogP contribution in [0.3, 0.4) is 0 Å². The van der Waals surface area contributed by atoms with Gasteiger partial charge in [0.05, 0.1) is 0 Å². The van der Waals surface area contributed by atoms with Gasteiger partial charge in [-0.3, -0.25) is 0 Å². The third kappa shape index (κ3) is 6.03. The molecular formula is C27H46NOSiTi. The molecule has 3 rings (SSSR count). The first-order valence-corrected chi connectivity index (χ1v) is 23.6. The molecule has 173 valence electrons. The summed E-state index contributed by atoms with van der Waals surface area (Å²) in [5, 5.41) is 5.00. The molecule has 1 fully saturated rings. The molecule has 4 heteroatoms. The Morgan fingerprint density at radius 3 is 2.03 bits per heavy atom. The molecule has 0 aromatic heterocycles. The number of allylic oxidation sites excluding steroid dienone is 2. The van der Waals surface area contributed by atoms with Crippen molar-refractivity contribution in [3.8, 4) is 0 Å². The van der Waals surface area contributed by atoms with E-state index >= 15 is 0 Å². The van der Waals surface area contributed by atoms with Crippen LogP contribution in [0.1, 0.15) is 106 Å². The van der Waals surface area contributed by atoms with Gasteiger partial charge >= 0.3 is 195 Å². The molecule has 1 aromatic carbocycles. The number of rotatable bonds is 4. The molecule has 1 saturated carbocycles. The fraction of sp³-hybridized carbons (Fsp3) is 0.667. The Morgan fingerprint density at radius 2 is 1.48 bits per heavy atom. The Labute approximate surface area is 194 Å².